The molecule has 10 heteroatoms. The first-order valence-electron chi connectivity index (χ1n) is 11.1. The first kappa shape index (κ1) is 25.6. The summed E-state index contributed by atoms with van der Waals surface area (Å²) in [5, 5.41) is 0. The molecule has 34 heavy (non-hydrogen) atoms. The van der Waals surface area contributed by atoms with Crippen LogP contribution < -0.4 is 4.74 Å². The molecule has 0 unspecified atom stereocenters. The third kappa shape index (κ3) is 6.77. The van der Waals surface area contributed by atoms with Gasteiger partial charge >= 0.3 is 5.97 Å². The Hall–Kier alpha value is -2.98. The average molecular weight is 493 g/mol. The van der Waals surface area contributed by atoms with Gasteiger partial charge in [-0.15, -0.1) is 0 Å². The van der Waals surface area contributed by atoms with Crippen LogP contribution >= 0.6 is 0 Å². The SMILES string of the molecule is Cc1ccc(C)c(S(=O)(=O)N2CCN(C(=O)CCC(=O)OCCOc3ccc(F)cc3)CC2)c1. The standard InChI is InChI=1S/C24H29FN2O6S/c1-18-3-4-19(2)22(17-18)34(30,31)27-13-11-26(12-14-27)23(28)9-10-24(29)33-16-15-32-21-7-5-20(25)6-8-21/h3-8,17H,9-16H2,1-2H3. The number of ether oxygens (including phenoxy) is 2. The van der Waals surface area contributed by atoms with E-state index in [1.165, 1.54) is 28.6 Å². The second kappa shape index (κ2) is 11.4. The van der Waals surface area contributed by atoms with Gasteiger partial charge in [-0.2, -0.15) is 4.31 Å². The molecule has 0 atom stereocenters. The lowest BCUT2D eigenvalue weighted by Gasteiger charge is -2.34. The van der Waals surface area contributed by atoms with Gasteiger partial charge in [-0.1, -0.05) is 12.1 Å². The molecular weight excluding hydrogens is 463 g/mol. The number of aryl methyl sites for hydroxylation is 2. The van der Waals surface area contributed by atoms with Gasteiger partial charge < -0.3 is 14.4 Å². The third-order valence-corrected chi connectivity index (χ3v) is 7.57. The van der Waals surface area contributed by atoms with E-state index in [1.807, 2.05) is 13.0 Å². The number of halogens is 1. The van der Waals surface area contributed by atoms with Crippen LogP contribution in [-0.2, 0) is 24.3 Å². The van der Waals surface area contributed by atoms with E-state index in [9.17, 15) is 22.4 Å². The highest BCUT2D eigenvalue weighted by Crippen LogP contribution is 2.22. The van der Waals surface area contributed by atoms with E-state index in [0.29, 0.717) is 16.2 Å². The van der Waals surface area contributed by atoms with Gasteiger partial charge in [0.1, 0.15) is 24.8 Å². The Bertz CT molecular complexity index is 1110. The van der Waals surface area contributed by atoms with Crippen molar-refractivity contribution >= 4 is 21.9 Å². The predicted octanol–water partition coefficient (Wildman–Crippen LogP) is 2.68. The summed E-state index contributed by atoms with van der Waals surface area (Å²) in [7, 11) is -3.63. The van der Waals surface area contributed by atoms with Crippen molar-refractivity contribution in [1.29, 1.82) is 0 Å². The van der Waals surface area contributed by atoms with Crippen LogP contribution in [0.5, 0.6) is 5.75 Å². The van der Waals surface area contributed by atoms with Crippen molar-refractivity contribution in [3.8, 4) is 5.75 Å². The molecule has 0 bridgehead atoms. The normalized spacial score (nSPS) is 14.6. The highest BCUT2D eigenvalue weighted by molar-refractivity contribution is 7.89. The zero-order valence-electron chi connectivity index (χ0n) is 19.3. The fraction of sp³-hybridized carbons (Fsp3) is 0.417. The van der Waals surface area contributed by atoms with E-state index >= 15 is 0 Å². The number of esters is 1. The predicted molar refractivity (Wildman–Crippen MR) is 123 cm³/mol. The fourth-order valence-corrected chi connectivity index (χ4v) is 5.32. The lowest BCUT2D eigenvalue weighted by molar-refractivity contribution is -0.147. The molecule has 1 amide bonds. The van der Waals surface area contributed by atoms with Crippen molar-refractivity contribution in [2.24, 2.45) is 0 Å². The summed E-state index contributed by atoms with van der Waals surface area (Å²) in [6.45, 7) is 4.67. The molecule has 1 aliphatic rings. The van der Waals surface area contributed by atoms with Crippen molar-refractivity contribution in [1.82, 2.24) is 9.21 Å². The lowest BCUT2D eigenvalue weighted by Crippen LogP contribution is -2.50. The van der Waals surface area contributed by atoms with Crippen LogP contribution in [0, 0.1) is 19.7 Å². The van der Waals surface area contributed by atoms with Gasteiger partial charge in [-0.05, 0) is 55.3 Å². The third-order valence-electron chi connectivity index (χ3n) is 5.52. The van der Waals surface area contributed by atoms with Crippen molar-refractivity contribution in [2.75, 3.05) is 39.4 Å². The Morgan fingerprint density at radius 2 is 1.62 bits per heavy atom. The summed E-state index contributed by atoms with van der Waals surface area (Å²) < 4.78 is 50.7. The number of benzene rings is 2. The Balaban J connectivity index is 1.38. The first-order valence-corrected chi connectivity index (χ1v) is 12.5. The van der Waals surface area contributed by atoms with Crippen molar-refractivity contribution < 1.29 is 31.9 Å². The average Bonchev–Trinajstić information content (AvgIpc) is 2.83. The quantitative estimate of drug-likeness (QED) is 0.395. The maximum Gasteiger partial charge on any atom is 0.306 e. The van der Waals surface area contributed by atoms with E-state index in [-0.39, 0.29) is 64.0 Å². The zero-order valence-corrected chi connectivity index (χ0v) is 20.1. The molecule has 0 spiro atoms. The molecule has 1 aliphatic heterocycles. The maximum atomic E-state index is 13.0. The number of carbonyl (C=O) groups excluding carboxylic acids is 2. The summed E-state index contributed by atoms with van der Waals surface area (Å²) >= 11 is 0. The topological polar surface area (TPSA) is 93.2 Å². The number of hydrogen-bond acceptors (Lipinski definition) is 6. The monoisotopic (exact) mass is 492 g/mol. The Labute approximate surface area is 199 Å². The summed E-state index contributed by atoms with van der Waals surface area (Å²) in [4.78, 5) is 26.2. The van der Waals surface area contributed by atoms with E-state index in [2.05, 4.69) is 0 Å². The minimum absolute atomic E-state index is 0.0125. The number of hydrogen-bond donors (Lipinski definition) is 0. The number of sulfonamides is 1. The van der Waals surface area contributed by atoms with Crippen molar-refractivity contribution in [2.45, 2.75) is 31.6 Å². The van der Waals surface area contributed by atoms with Crippen molar-refractivity contribution in [3.63, 3.8) is 0 Å². The summed E-state index contributed by atoms with van der Waals surface area (Å²) in [6, 6.07) is 10.8. The molecule has 8 nitrogen and oxygen atoms in total. The highest BCUT2D eigenvalue weighted by atomic mass is 32.2. The smallest absolute Gasteiger partial charge is 0.306 e. The van der Waals surface area contributed by atoms with Gasteiger partial charge in [0.15, 0.2) is 0 Å². The Morgan fingerprint density at radius 3 is 2.29 bits per heavy atom. The number of carbonyl (C=O) groups is 2. The number of nitrogens with zero attached hydrogens (tertiary/aromatic N) is 2. The second-order valence-electron chi connectivity index (χ2n) is 8.08. The van der Waals surface area contributed by atoms with Crippen LogP contribution in [0.2, 0.25) is 0 Å². The molecule has 2 aromatic rings. The van der Waals surface area contributed by atoms with Crippen LogP contribution in [0.1, 0.15) is 24.0 Å². The molecule has 1 fully saturated rings. The van der Waals surface area contributed by atoms with Gasteiger partial charge in [0, 0.05) is 32.6 Å². The zero-order chi connectivity index (χ0) is 24.7. The minimum Gasteiger partial charge on any atom is -0.490 e. The molecule has 3 rings (SSSR count). The molecule has 0 N–H and O–H groups in total. The van der Waals surface area contributed by atoms with Crippen molar-refractivity contribution in [3.05, 3.63) is 59.4 Å². The molecule has 0 aromatic heterocycles. The number of amides is 1. The van der Waals surface area contributed by atoms with E-state index in [1.54, 1.807) is 24.0 Å². The molecular formula is C24H29FN2O6S. The molecule has 1 heterocycles. The van der Waals surface area contributed by atoms with E-state index in [0.717, 1.165) is 5.56 Å². The molecule has 0 radical (unpaired) electrons. The second-order valence-corrected chi connectivity index (χ2v) is 9.98. The van der Waals surface area contributed by atoms with Crippen LogP contribution in [-0.4, -0.2) is 68.9 Å². The van der Waals surface area contributed by atoms with E-state index < -0.39 is 16.0 Å². The fourth-order valence-electron chi connectivity index (χ4n) is 3.59. The van der Waals surface area contributed by atoms with Gasteiger partial charge in [0.05, 0.1) is 11.3 Å². The highest BCUT2D eigenvalue weighted by Gasteiger charge is 2.31. The molecule has 184 valence electrons. The van der Waals surface area contributed by atoms with Gasteiger partial charge in [-0.3, -0.25) is 9.59 Å². The summed E-state index contributed by atoms with van der Waals surface area (Å²) in [5.74, 6) is -0.644. The lowest BCUT2D eigenvalue weighted by atomic mass is 10.2. The Kier molecular flexibility index (Phi) is 8.62. The number of piperazine rings is 1. The molecule has 0 saturated carbocycles. The van der Waals surface area contributed by atoms with Gasteiger partial charge in [-0.25, -0.2) is 12.8 Å². The van der Waals surface area contributed by atoms with Crippen LogP contribution in [0.4, 0.5) is 4.39 Å². The molecule has 0 aliphatic carbocycles. The Morgan fingerprint density at radius 1 is 0.941 bits per heavy atom. The van der Waals surface area contributed by atoms with Gasteiger partial charge in [0.2, 0.25) is 15.9 Å². The molecule has 2 aromatic carbocycles. The van der Waals surface area contributed by atoms with Crippen LogP contribution in [0.3, 0.4) is 0 Å². The maximum absolute atomic E-state index is 13.0. The molecule has 1 saturated heterocycles. The number of rotatable bonds is 9. The van der Waals surface area contributed by atoms with Crippen LogP contribution in [0.15, 0.2) is 47.4 Å². The van der Waals surface area contributed by atoms with Crippen LogP contribution in [0.25, 0.3) is 0 Å². The summed E-state index contributed by atoms with van der Waals surface area (Å²) in [6.07, 6.45) is -0.0855. The largest absolute Gasteiger partial charge is 0.490 e. The van der Waals surface area contributed by atoms with E-state index in [4.69, 9.17) is 9.47 Å². The van der Waals surface area contributed by atoms with Gasteiger partial charge in [0.25, 0.3) is 0 Å². The summed E-state index contributed by atoms with van der Waals surface area (Å²) in [5.41, 5.74) is 1.55. The minimum atomic E-state index is -3.63. The first-order chi connectivity index (χ1) is 16.2.